The van der Waals surface area contributed by atoms with Crippen LogP contribution < -0.4 is 4.90 Å². The molecule has 0 aromatic carbocycles. The molecule has 25 heavy (non-hydrogen) atoms. The zero-order chi connectivity index (χ0) is 18.0. The highest BCUT2D eigenvalue weighted by Crippen LogP contribution is 2.17. The maximum absolute atomic E-state index is 12.8. The number of rotatable bonds is 4. The minimum atomic E-state index is 0.0750. The second kappa shape index (κ2) is 7.21. The lowest BCUT2D eigenvalue weighted by Crippen LogP contribution is -2.49. The lowest BCUT2D eigenvalue weighted by molar-refractivity contribution is 0.0745. The van der Waals surface area contributed by atoms with Gasteiger partial charge in [-0.3, -0.25) is 9.48 Å². The van der Waals surface area contributed by atoms with Gasteiger partial charge in [0, 0.05) is 44.6 Å². The van der Waals surface area contributed by atoms with E-state index >= 15 is 0 Å². The number of carbonyl (C=O) groups excluding carboxylic acids is 1. The number of carbonyl (C=O) groups is 1. The molecule has 0 radical (unpaired) electrons. The van der Waals surface area contributed by atoms with Gasteiger partial charge in [0.25, 0.3) is 5.91 Å². The summed E-state index contributed by atoms with van der Waals surface area (Å²) in [5.41, 5.74) is 1.67. The summed E-state index contributed by atoms with van der Waals surface area (Å²) in [6.07, 6.45) is 3.49. The number of hydrogen-bond donors (Lipinski definition) is 0. The summed E-state index contributed by atoms with van der Waals surface area (Å²) in [5.74, 6) is 2.28. The van der Waals surface area contributed by atoms with Crippen LogP contribution in [0.4, 0.5) is 5.82 Å². The van der Waals surface area contributed by atoms with Gasteiger partial charge in [-0.25, -0.2) is 9.97 Å². The fourth-order valence-electron chi connectivity index (χ4n) is 3.12. The van der Waals surface area contributed by atoms with Gasteiger partial charge in [0.2, 0.25) is 0 Å². The first-order valence-electron chi connectivity index (χ1n) is 8.82. The van der Waals surface area contributed by atoms with Crippen LogP contribution in [0.3, 0.4) is 0 Å². The van der Waals surface area contributed by atoms with Crippen molar-refractivity contribution >= 4 is 11.7 Å². The van der Waals surface area contributed by atoms with Crippen molar-refractivity contribution in [1.82, 2.24) is 24.6 Å². The number of aryl methyl sites for hydroxylation is 1. The van der Waals surface area contributed by atoms with Crippen LogP contribution in [0.5, 0.6) is 0 Å². The fourth-order valence-corrected chi connectivity index (χ4v) is 3.12. The Hall–Kier alpha value is -2.44. The Morgan fingerprint density at radius 3 is 2.56 bits per heavy atom. The average molecular weight is 342 g/mol. The van der Waals surface area contributed by atoms with Gasteiger partial charge >= 0.3 is 0 Å². The van der Waals surface area contributed by atoms with Gasteiger partial charge < -0.3 is 9.80 Å². The van der Waals surface area contributed by atoms with Crippen molar-refractivity contribution in [2.45, 2.75) is 34.2 Å². The van der Waals surface area contributed by atoms with Crippen molar-refractivity contribution in [3.05, 3.63) is 35.5 Å². The maximum atomic E-state index is 12.8. The first kappa shape index (κ1) is 17.4. The van der Waals surface area contributed by atoms with Gasteiger partial charge in [-0.1, -0.05) is 13.8 Å². The van der Waals surface area contributed by atoms with E-state index in [4.69, 9.17) is 0 Å². The molecule has 0 atom stereocenters. The molecule has 0 unspecified atom stereocenters. The van der Waals surface area contributed by atoms with E-state index in [1.807, 2.05) is 29.5 Å². The molecule has 3 heterocycles. The molecule has 1 saturated heterocycles. The average Bonchev–Trinajstić information content (AvgIpc) is 2.94. The molecule has 1 aliphatic heterocycles. The largest absolute Gasteiger partial charge is 0.353 e. The van der Waals surface area contributed by atoms with E-state index in [2.05, 4.69) is 33.8 Å². The normalized spacial score (nSPS) is 15.1. The quantitative estimate of drug-likeness (QED) is 0.849. The molecule has 0 aliphatic carbocycles. The topological polar surface area (TPSA) is 67.2 Å². The minimum Gasteiger partial charge on any atom is -0.353 e. The van der Waals surface area contributed by atoms with Gasteiger partial charge in [0.15, 0.2) is 0 Å². The third-order valence-electron chi connectivity index (χ3n) is 4.52. The summed E-state index contributed by atoms with van der Waals surface area (Å²) >= 11 is 0. The summed E-state index contributed by atoms with van der Waals surface area (Å²) in [6, 6.07) is 1.92. The number of amides is 1. The minimum absolute atomic E-state index is 0.0750. The second-order valence-electron chi connectivity index (χ2n) is 6.96. The molecule has 0 N–H and O–H groups in total. The molecule has 7 nitrogen and oxygen atoms in total. The number of hydrogen-bond acceptors (Lipinski definition) is 5. The van der Waals surface area contributed by atoms with Crippen molar-refractivity contribution in [2.24, 2.45) is 5.92 Å². The molecule has 2 aromatic rings. The predicted molar refractivity (Wildman–Crippen MR) is 96.7 cm³/mol. The molecule has 1 amide bonds. The van der Waals surface area contributed by atoms with Gasteiger partial charge in [0.05, 0.1) is 11.8 Å². The third-order valence-corrected chi connectivity index (χ3v) is 4.52. The molecule has 134 valence electrons. The standard InChI is InChI=1S/C18H26N6O/c1-13(2)12-24-14(3)16(11-20-24)18(25)23-9-7-22(8-10-23)17-5-6-19-15(4)21-17/h5-6,11,13H,7-10,12H2,1-4H3. The highest BCUT2D eigenvalue weighted by Gasteiger charge is 2.25. The molecule has 7 heteroatoms. The van der Waals surface area contributed by atoms with Gasteiger partial charge in [0.1, 0.15) is 11.6 Å². The smallest absolute Gasteiger partial charge is 0.257 e. The highest BCUT2D eigenvalue weighted by molar-refractivity contribution is 5.95. The second-order valence-corrected chi connectivity index (χ2v) is 6.96. The molecule has 2 aromatic heterocycles. The van der Waals surface area contributed by atoms with Crippen molar-refractivity contribution in [2.75, 3.05) is 31.1 Å². The first-order chi connectivity index (χ1) is 12.0. The molecule has 0 spiro atoms. The monoisotopic (exact) mass is 342 g/mol. The maximum Gasteiger partial charge on any atom is 0.257 e. The van der Waals surface area contributed by atoms with Crippen molar-refractivity contribution < 1.29 is 4.79 Å². The van der Waals surface area contributed by atoms with Crippen molar-refractivity contribution in [1.29, 1.82) is 0 Å². The highest BCUT2D eigenvalue weighted by atomic mass is 16.2. The van der Waals surface area contributed by atoms with Crippen LogP contribution in [0.1, 0.15) is 35.7 Å². The predicted octanol–water partition coefficient (Wildman–Crippen LogP) is 1.91. The first-order valence-corrected chi connectivity index (χ1v) is 8.82. The summed E-state index contributed by atoms with van der Waals surface area (Å²) < 4.78 is 1.93. The Bertz CT molecular complexity index is 746. The van der Waals surface area contributed by atoms with E-state index in [-0.39, 0.29) is 5.91 Å². The molecule has 3 rings (SSSR count). The van der Waals surface area contributed by atoms with Crippen LogP contribution in [0.15, 0.2) is 18.5 Å². The van der Waals surface area contributed by atoms with E-state index in [9.17, 15) is 4.79 Å². The van der Waals surface area contributed by atoms with Gasteiger partial charge in [-0.2, -0.15) is 5.10 Å². The van der Waals surface area contributed by atoms with Gasteiger partial charge in [-0.15, -0.1) is 0 Å². The summed E-state index contributed by atoms with van der Waals surface area (Å²) in [4.78, 5) is 25.6. The van der Waals surface area contributed by atoms with Crippen molar-refractivity contribution in [3.63, 3.8) is 0 Å². The Kier molecular flexibility index (Phi) is 5.01. The Balaban J connectivity index is 1.65. The van der Waals surface area contributed by atoms with E-state index < -0.39 is 0 Å². The Morgan fingerprint density at radius 1 is 1.20 bits per heavy atom. The Labute approximate surface area is 148 Å². The van der Waals surface area contributed by atoms with Crippen LogP contribution in [0.25, 0.3) is 0 Å². The lowest BCUT2D eigenvalue weighted by Gasteiger charge is -2.35. The molecule has 0 saturated carbocycles. The zero-order valence-corrected chi connectivity index (χ0v) is 15.4. The number of piperazine rings is 1. The SMILES string of the molecule is Cc1nccc(N2CCN(C(=O)c3cnn(CC(C)C)c3C)CC2)n1. The summed E-state index contributed by atoms with van der Waals surface area (Å²) in [6.45, 7) is 11.9. The number of anilines is 1. The lowest BCUT2D eigenvalue weighted by atomic mass is 10.2. The van der Waals surface area contributed by atoms with E-state index in [0.717, 1.165) is 37.0 Å². The Morgan fingerprint density at radius 2 is 1.92 bits per heavy atom. The van der Waals surface area contributed by atoms with Crippen LogP contribution in [-0.2, 0) is 6.54 Å². The number of aromatic nitrogens is 4. The molecule has 1 fully saturated rings. The molecule has 0 bridgehead atoms. The van der Waals surface area contributed by atoms with Gasteiger partial charge in [-0.05, 0) is 25.8 Å². The van der Waals surface area contributed by atoms with Crippen LogP contribution in [0.2, 0.25) is 0 Å². The van der Waals surface area contributed by atoms with E-state index in [1.165, 1.54) is 0 Å². The zero-order valence-electron chi connectivity index (χ0n) is 15.4. The van der Waals surface area contributed by atoms with Crippen LogP contribution in [0, 0.1) is 19.8 Å². The molecule has 1 aliphatic rings. The molecular weight excluding hydrogens is 316 g/mol. The van der Waals surface area contributed by atoms with E-state index in [1.54, 1.807) is 12.4 Å². The number of nitrogens with zero attached hydrogens (tertiary/aromatic N) is 6. The van der Waals surface area contributed by atoms with Crippen LogP contribution in [-0.4, -0.2) is 56.7 Å². The fraction of sp³-hybridized carbons (Fsp3) is 0.556. The van der Waals surface area contributed by atoms with Crippen LogP contribution >= 0.6 is 0 Å². The molecular formula is C18H26N6O. The van der Waals surface area contributed by atoms with Crippen molar-refractivity contribution in [3.8, 4) is 0 Å². The third kappa shape index (κ3) is 3.81. The van der Waals surface area contributed by atoms with E-state index in [0.29, 0.717) is 24.6 Å². The summed E-state index contributed by atoms with van der Waals surface area (Å²) in [7, 11) is 0. The summed E-state index contributed by atoms with van der Waals surface area (Å²) in [5, 5.41) is 4.39.